The van der Waals surface area contributed by atoms with Gasteiger partial charge < -0.3 is 9.38 Å². The van der Waals surface area contributed by atoms with E-state index in [0.29, 0.717) is 22.5 Å². The highest BCUT2D eigenvalue weighted by Gasteiger charge is 2.13. The molecule has 0 aromatic heterocycles. The summed E-state index contributed by atoms with van der Waals surface area (Å²) >= 11 is 0. The highest BCUT2D eigenvalue weighted by Crippen LogP contribution is 2.23. The zero-order valence-corrected chi connectivity index (χ0v) is 25.6. The van der Waals surface area contributed by atoms with Gasteiger partial charge in [-0.3, -0.25) is 20.2 Å². The first-order valence-corrected chi connectivity index (χ1v) is 14.3. The second-order valence-electron chi connectivity index (χ2n) is 11.2. The van der Waals surface area contributed by atoms with Crippen LogP contribution in [0.1, 0.15) is 23.6 Å². The SMILES string of the molecule is CCN(CC[N+](C)(C)C)c1ccc(N=Nc2ccc(/C=N/N=C(c3ccc([N+](=O)[O-])cc3)c3ccc([N+](=O)[O-])cc3)cc2)cc1. The molecule has 0 radical (unpaired) electrons. The van der Waals surface area contributed by atoms with Crippen LogP contribution in [0.4, 0.5) is 28.4 Å². The topological polar surface area (TPSA) is 139 Å². The van der Waals surface area contributed by atoms with E-state index in [1.807, 2.05) is 36.4 Å². The Bertz CT molecular complexity index is 1630. The third-order valence-corrected chi connectivity index (χ3v) is 6.88. The van der Waals surface area contributed by atoms with Gasteiger partial charge >= 0.3 is 0 Å². The second kappa shape index (κ2) is 14.7. The van der Waals surface area contributed by atoms with Gasteiger partial charge in [-0.15, -0.1) is 5.10 Å². The quantitative estimate of drug-likeness (QED) is 0.0515. The van der Waals surface area contributed by atoms with Gasteiger partial charge in [0.1, 0.15) is 5.71 Å². The lowest BCUT2D eigenvalue weighted by atomic mass is 10.0. The van der Waals surface area contributed by atoms with Gasteiger partial charge in [0.15, 0.2) is 0 Å². The van der Waals surface area contributed by atoms with Gasteiger partial charge in [-0.05, 0) is 73.2 Å². The summed E-state index contributed by atoms with van der Waals surface area (Å²) in [7, 11) is 6.57. The molecule has 12 heteroatoms. The zero-order valence-electron chi connectivity index (χ0n) is 25.6. The summed E-state index contributed by atoms with van der Waals surface area (Å²) in [5, 5.41) is 39.5. The number of anilines is 1. The number of nitro groups is 2. The van der Waals surface area contributed by atoms with E-state index in [9.17, 15) is 20.2 Å². The van der Waals surface area contributed by atoms with Crippen LogP contribution in [0.15, 0.2) is 117 Å². The molecule has 0 aliphatic rings. The molecule has 0 unspecified atom stereocenters. The minimum atomic E-state index is -0.487. The fourth-order valence-electron chi connectivity index (χ4n) is 4.28. The maximum atomic E-state index is 11.1. The van der Waals surface area contributed by atoms with E-state index in [1.54, 1.807) is 30.5 Å². The number of hydrogen-bond donors (Lipinski definition) is 0. The molecule has 4 rings (SSSR count). The van der Waals surface area contributed by atoms with Crippen molar-refractivity contribution >= 4 is 40.4 Å². The van der Waals surface area contributed by atoms with Crippen molar-refractivity contribution in [3.63, 3.8) is 0 Å². The van der Waals surface area contributed by atoms with E-state index in [1.165, 1.54) is 24.3 Å². The van der Waals surface area contributed by atoms with Crippen LogP contribution < -0.4 is 4.90 Å². The average Bonchev–Trinajstić information content (AvgIpc) is 3.03. The van der Waals surface area contributed by atoms with Crippen LogP contribution in [-0.4, -0.2) is 67.0 Å². The van der Waals surface area contributed by atoms with Crippen molar-refractivity contribution in [1.29, 1.82) is 0 Å². The molecule has 0 aliphatic heterocycles. The summed E-state index contributed by atoms with van der Waals surface area (Å²) in [4.78, 5) is 23.5. The summed E-state index contributed by atoms with van der Waals surface area (Å²) in [6, 6.07) is 27.1. The van der Waals surface area contributed by atoms with Gasteiger partial charge in [0.2, 0.25) is 0 Å². The fourth-order valence-corrected chi connectivity index (χ4v) is 4.28. The van der Waals surface area contributed by atoms with Gasteiger partial charge in [-0.2, -0.15) is 15.3 Å². The molecule has 0 bridgehead atoms. The summed E-state index contributed by atoms with van der Waals surface area (Å²) in [6.07, 6.45) is 1.56. The number of quaternary nitrogens is 1. The van der Waals surface area contributed by atoms with E-state index in [2.05, 4.69) is 65.5 Å². The molecule has 0 atom stereocenters. The Morgan fingerprint density at radius 2 is 1.20 bits per heavy atom. The number of non-ortho nitro benzene ring substituents is 2. The maximum absolute atomic E-state index is 11.1. The van der Waals surface area contributed by atoms with Crippen LogP contribution in [0.5, 0.6) is 0 Å². The molecule has 45 heavy (non-hydrogen) atoms. The lowest BCUT2D eigenvalue weighted by Gasteiger charge is -2.29. The van der Waals surface area contributed by atoms with E-state index in [4.69, 9.17) is 0 Å². The lowest BCUT2D eigenvalue weighted by Crippen LogP contribution is -2.42. The van der Waals surface area contributed by atoms with Gasteiger partial charge in [-0.1, -0.05) is 12.1 Å². The van der Waals surface area contributed by atoms with Crippen molar-refractivity contribution < 1.29 is 14.3 Å². The first-order chi connectivity index (χ1) is 21.5. The van der Waals surface area contributed by atoms with Crippen molar-refractivity contribution in [3.05, 3.63) is 134 Å². The van der Waals surface area contributed by atoms with Crippen LogP contribution in [0.3, 0.4) is 0 Å². The summed E-state index contributed by atoms with van der Waals surface area (Å²) < 4.78 is 0.909. The van der Waals surface area contributed by atoms with Gasteiger partial charge in [0.25, 0.3) is 11.4 Å². The Hall–Kier alpha value is -5.62. The van der Waals surface area contributed by atoms with E-state index < -0.39 is 9.85 Å². The standard InChI is InChI=1S/C33H35N8O4/c1-5-38(22-23-41(2,3)4)30-20-14-29(15-21-30)36-35-28-12-6-25(7-13-28)24-34-37-33(26-8-16-31(17-9-26)39(42)43)27-10-18-32(19-11-27)40(44)45/h6-21,24H,5,22-23H2,1-4H3/q+1/b34-24+,36-35?. The van der Waals surface area contributed by atoms with Crippen LogP contribution in [0.25, 0.3) is 0 Å². The molecule has 0 saturated carbocycles. The lowest BCUT2D eigenvalue weighted by molar-refractivity contribution is -0.868. The number of benzene rings is 4. The third kappa shape index (κ3) is 9.43. The third-order valence-electron chi connectivity index (χ3n) is 6.88. The predicted molar refractivity (Wildman–Crippen MR) is 177 cm³/mol. The van der Waals surface area contributed by atoms with Crippen molar-refractivity contribution in [2.75, 3.05) is 45.7 Å². The van der Waals surface area contributed by atoms with E-state index in [-0.39, 0.29) is 11.4 Å². The number of rotatable bonds is 13. The summed E-state index contributed by atoms with van der Waals surface area (Å²) in [6.45, 7) is 5.10. The maximum Gasteiger partial charge on any atom is 0.269 e. The Labute approximate surface area is 261 Å². The van der Waals surface area contributed by atoms with E-state index in [0.717, 1.165) is 41.1 Å². The van der Waals surface area contributed by atoms with Crippen molar-refractivity contribution in [2.45, 2.75) is 6.92 Å². The normalized spacial score (nSPS) is 11.6. The number of hydrogen-bond acceptors (Lipinski definition) is 9. The van der Waals surface area contributed by atoms with Gasteiger partial charge in [-0.25, -0.2) is 0 Å². The monoisotopic (exact) mass is 607 g/mol. The predicted octanol–water partition coefficient (Wildman–Crippen LogP) is 7.32. The largest absolute Gasteiger partial charge is 0.366 e. The Morgan fingerprint density at radius 1 is 0.733 bits per heavy atom. The van der Waals surface area contributed by atoms with Crippen LogP contribution in [0.2, 0.25) is 0 Å². The molecule has 0 N–H and O–H groups in total. The summed E-state index contributed by atoms with van der Waals surface area (Å²) in [5.41, 5.74) is 4.78. The second-order valence-corrected chi connectivity index (χ2v) is 11.2. The number of nitro benzene ring substituents is 2. The van der Waals surface area contributed by atoms with Gasteiger partial charge in [0.05, 0.1) is 61.7 Å². The number of nitrogens with zero attached hydrogens (tertiary/aromatic N) is 8. The molecular formula is C33H35N8O4+. The van der Waals surface area contributed by atoms with Crippen LogP contribution in [0, 0.1) is 20.2 Å². The molecule has 4 aromatic carbocycles. The molecular weight excluding hydrogens is 572 g/mol. The molecule has 4 aromatic rings. The Balaban J connectivity index is 1.46. The summed E-state index contributed by atoms with van der Waals surface area (Å²) in [5.74, 6) is 0. The number of azo groups is 1. The Morgan fingerprint density at radius 3 is 1.62 bits per heavy atom. The van der Waals surface area contributed by atoms with E-state index >= 15 is 0 Å². The highest BCUT2D eigenvalue weighted by atomic mass is 16.6. The highest BCUT2D eigenvalue weighted by molar-refractivity contribution is 6.13. The minimum Gasteiger partial charge on any atom is -0.366 e. The van der Waals surface area contributed by atoms with Crippen molar-refractivity contribution in [3.8, 4) is 0 Å². The van der Waals surface area contributed by atoms with Crippen molar-refractivity contribution in [2.24, 2.45) is 20.4 Å². The number of likely N-dealkylation sites (N-methyl/N-ethyl adjacent to an activating group) is 2. The molecule has 0 aliphatic carbocycles. The zero-order chi connectivity index (χ0) is 32.4. The smallest absolute Gasteiger partial charge is 0.269 e. The molecule has 0 fully saturated rings. The molecule has 0 spiro atoms. The minimum absolute atomic E-state index is 0.0614. The first kappa shape index (κ1) is 32.3. The molecule has 230 valence electrons. The molecule has 0 saturated heterocycles. The molecule has 12 nitrogen and oxygen atoms in total. The average molecular weight is 608 g/mol. The van der Waals surface area contributed by atoms with Crippen LogP contribution in [-0.2, 0) is 0 Å². The van der Waals surface area contributed by atoms with Gasteiger partial charge in [0, 0.05) is 47.6 Å². The molecule has 0 amide bonds. The Kier molecular flexibility index (Phi) is 10.6. The van der Waals surface area contributed by atoms with Crippen LogP contribution >= 0.6 is 0 Å². The van der Waals surface area contributed by atoms with Crippen molar-refractivity contribution in [1.82, 2.24) is 0 Å². The molecule has 0 heterocycles. The first-order valence-electron chi connectivity index (χ1n) is 14.3. The fraction of sp³-hybridized carbons (Fsp3) is 0.212.